The first-order valence-corrected chi connectivity index (χ1v) is 4.73. The Bertz CT molecular complexity index is 391. The highest BCUT2D eigenvalue weighted by atomic mass is 32.1. The van der Waals surface area contributed by atoms with Crippen LogP contribution in [0.1, 0.15) is 5.01 Å². The van der Waals surface area contributed by atoms with Crippen LogP contribution in [-0.2, 0) is 6.42 Å². The Hall–Kier alpha value is -1.42. The smallest absolute Gasteiger partial charge is 0.245 e. The van der Waals surface area contributed by atoms with Crippen molar-refractivity contribution >= 4 is 11.3 Å². The van der Waals surface area contributed by atoms with Gasteiger partial charge in [0.15, 0.2) is 0 Å². The number of allylic oxidation sites excluding steroid dienone is 1. The van der Waals surface area contributed by atoms with Crippen LogP contribution in [-0.4, -0.2) is 9.97 Å². The van der Waals surface area contributed by atoms with Gasteiger partial charge in [0.1, 0.15) is 12.0 Å². The van der Waals surface area contributed by atoms with E-state index in [1.165, 1.54) is 0 Å². The normalized spacial score (nSPS) is 10.2. The molecule has 2 rings (SSSR count). The summed E-state index contributed by atoms with van der Waals surface area (Å²) >= 11 is 1.59. The van der Waals surface area contributed by atoms with Gasteiger partial charge in [-0.15, -0.1) is 17.9 Å². The highest BCUT2D eigenvalue weighted by Crippen LogP contribution is 2.20. The number of hydrogen-bond donors (Lipinski definition) is 0. The van der Waals surface area contributed by atoms with Gasteiger partial charge in [0.05, 0.1) is 11.2 Å². The number of hydrogen-bond acceptors (Lipinski definition) is 4. The quantitative estimate of drug-likeness (QED) is 0.701. The minimum atomic E-state index is 0.576. The average Bonchev–Trinajstić information content (AvgIpc) is 2.70. The highest BCUT2D eigenvalue weighted by Gasteiger charge is 2.06. The molecule has 0 fully saturated rings. The van der Waals surface area contributed by atoms with Crippen molar-refractivity contribution in [3.8, 4) is 11.6 Å². The zero-order valence-electron chi connectivity index (χ0n) is 6.93. The minimum absolute atomic E-state index is 0.576. The van der Waals surface area contributed by atoms with Crippen molar-refractivity contribution in [2.75, 3.05) is 0 Å². The molecule has 0 atom stereocenters. The van der Waals surface area contributed by atoms with Crippen molar-refractivity contribution in [3.63, 3.8) is 0 Å². The fourth-order valence-corrected chi connectivity index (χ4v) is 1.74. The molecule has 3 nitrogen and oxygen atoms in total. The maximum atomic E-state index is 5.12. The molecule has 0 aliphatic heterocycles. The Morgan fingerprint density at radius 2 is 2.54 bits per heavy atom. The van der Waals surface area contributed by atoms with Gasteiger partial charge in [0, 0.05) is 11.8 Å². The second kappa shape index (κ2) is 3.53. The molecule has 0 aromatic carbocycles. The monoisotopic (exact) mass is 192 g/mol. The predicted octanol–water partition coefficient (Wildman–Crippen LogP) is 2.53. The van der Waals surface area contributed by atoms with E-state index in [1.54, 1.807) is 23.8 Å². The molecule has 0 bridgehead atoms. The molecule has 2 aromatic rings. The van der Waals surface area contributed by atoms with Crippen molar-refractivity contribution in [2.45, 2.75) is 6.42 Å². The Morgan fingerprint density at radius 1 is 1.62 bits per heavy atom. The van der Waals surface area contributed by atoms with Crippen molar-refractivity contribution in [1.29, 1.82) is 0 Å². The Balaban J connectivity index is 2.28. The molecule has 0 saturated heterocycles. The summed E-state index contributed by atoms with van der Waals surface area (Å²) in [4.78, 5) is 8.35. The van der Waals surface area contributed by atoms with Crippen LogP contribution in [0.4, 0.5) is 0 Å². The molecule has 13 heavy (non-hydrogen) atoms. The standard InChI is InChI=1S/C9H8N2OS/c1-2-3-8-11-7(6-13-8)9-10-4-5-12-9/h2,4-6H,1,3H2. The van der Waals surface area contributed by atoms with E-state index in [1.807, 2.05) is 11.5 Å². The van der Waals surface area contributed by atoms with Crippen LogP contribution in [0, 0.1) is 0 Å². The fourth-order valence-electron chi connectivity index (χ4n) is 0.976. The Labute approximate surface area is 79.8 Å². The fraction of sp³-hybridized carbons (Fsp3) is 0.111. The summed E-state index contributed by atoms with van der Waals surface area (Å²) < 4.78 is 5.12. The van der Waals surface area contributed by atoms with E-state index < -0.39 is 0 Å². The van der Waals surface area contributed by atoms with E-state index in [0.717, 1.165) is 17.1 Å². The van der Waals surface area contributed by atoms with Crippen molar-refractivity contribution < 1.29 is 4.42 Å². The van der Waals surface area contributed by atoms with Crippen LogP contribution in [0.5, 0.6) is 0 Å². The molecule has 0 saturated carbocycles. The molecule has 0 aliphatic rings. The Kier molecular flexibility index (Phi) is 2.23. The van der Waals surface area contributed by atoms with Crippen LogP contribution in [0.2, 0.25) is 0 Å². The maximum absolute atomic E-state index is 5.12. The first-order chi connectivity index (χ1) is 6.40. The largest absolute Gasteiger partial charge is 0.443 e. The van der Waals surface area contributed by atoms with Crippen molar-refractivity contribution in [2.24, 2.45) is 0 Å². The van der Waals surface area contributed by atoms with Gasteiger partial charge in [0.2, 0.25) is 5.89 Å². The first kappa shape index (κ1) is 8.19. The summed E-state index contributed by atoms with van der Waals surface area (Å²) in [5.41, 5.74) is 0.798. The van der Waals surface area contributed by atoms with Gasteiger partial charge in [-0.1, -0.05) is 6.08 Å². The van der Waals surface area contributed by atoms with E-state index in [0.29, 0.717) is 5.89 Å². The lowest BCUT2D eigenvalue weighted by Gasteiger charge is -1.85. The zero-order chi connectivity index (χ0) is 9.10. The van der Waals surface area contributed by atoms with Gasteiger partial charge in [-0.2, -0.15) is 0 Å². The van der Waals surface area contributed by atoms with Crippen LogP contribution in [0.25, 0.3) is 11.6 Å². The molecule has 2 aromatic heterocycles. The first-order valence-electron chi connectivity index (χ1n) is 3.85. The molecular weight excluding hydrogens is 184 g/mol. The molecule has 0 unspecified atom stereocenters. The van der Waals surface area contributed by atoms with E-state index in [2.05, 4.69) is 16.5 Å². The summed E-state index contributed by atoms with van der Waals surface area (Å²) in [6, 6.07) is 0. The summed E-state index contributed by atoms with van der Waals surface area (Å²) in [6.45, 7) is 3.66. The molecule has 0 N–H and O–H groups in total. The SMILES string of the molecule is C=CCc1nc(-c2ncco2)cs1. The van der Waals surface area contributed by atoms with Crippen LogP contribution in [0.15, 0.2) is 34.9 Å². The van der Waals surface area contributed by atoms with Crippen molar-refractivity contribution in [3.05, 3.63) is 35.5 Å². The molecule has 0 aliphatic carbocycles. The van der Waals surface area contributed by atoms with Crippen LogP contribution in [0.3, 0.4) is 0 Å². The number of rotatable bonds is 3. The third-order valence-corrected chi connectivity index (χ3v) is 2.39. The summed E-state index contributed by atoms with van der Waals surface area (Å²) in [5.74, 6) is 0.576. The van der Waals surface area contributed by atoms with E-state index in [9.17, 15) is 0 Å². The Morgan fingerprint density at radius 3 is 3.23 bits per heavy atom. The minimum Gasteiger partial charge on any atom is -0.443 e. The molecule has 4 heteroatoms. The van der Waals surface area contributed by atoms with Gasteiger partial charge >= 0.3 is 0 Å². The van der Waals surface area contributed by atoms with E-state index >= 15 is 0 Å². The van der Waals surface area contributed by atoms with Crippen LogP contribution < -0.4 is 0 Å². The van der Waals surface area contributed by atoms with Gasteiger partial charge < -0.3 is 4.42 Å². The third-order valence-electron chi connectivity index (χ3n) is 1.52. The maximum Gasteiger partial charge on any atom is 0.245 e. The number of thiazole rings is 1. The van der Waals surface area contributed by atoms with Crippen LogP contribution >= 0.6 is 11.3 Å². The van der Waals surface area contributed by atoms with Crippen molar-refractivity contribution in [1.82, 2.24) is 9.97 Å². The van der Waals surface area contributed by atoms with E-state index in [4.69, 9.17) is 4.42 Å². The lowest BCUT2D eigenvalue weighted by Crippen LogP contribution is -1.80. The van der Waals surface area contributed by atoms with Gasteiger partial charge in [-0.05, 0) is 0 Å². The van der Waals surface area contributed by atoms with Gasteiger partial charge in [0.25, 0.3) is 0 Å². The lowest BCUT2D eigenvalue weighted by atomic mass is 10.4. The summed E-state index contributed by atoms with van der Waals surface area (Å²) in [5, 5.41) is 2.97. The molecule has 66 valence electrons. The lowest BCUT2D eigenvalue weighted by molar-refractivity contribution is 0.572. The number of oxazole rings is 1. The summed E-state index contributed by atoms with van der Waals surface area (Å²) in [6.07, 6.45) is 5.78. The molecule has 0 amide bonds. The topological polar surface area (TPSA) is 38.9 Å². The average molecular weight is 192 g/mol. The molecule has 0 radical (unpaired) electrons. The van der Waals surface area contributed by atoms with Gasteiger partial charge in [-0.25, -0.2) is 9.97 Å². The number of aromatic nitrogens is 2. The van der Waals surface area contributed by atoms with Gasteiger partial charge in [-0.3, -0.25) is 0 Å². The predicted molar refractivity (Wildman–Crippen MR) is 51.5 cm³/mol. The molecule has 0 spiro atoms. The second-order valence-electron chi connectivity index (χ2n) is 2.46. The highest BCUT2D eigenvalue weighted by molar-refractivity contribution is 7.09. The number of nitrogens with zero attached hydrogens (tertiary/aromatic N) is 2. The third kappa shape index (κ3) is 1.67. The summed E-state index contributed by atoms with van der Waals surface area (Å²) in [7, 11) is 0. The zero-order valence-corrected chi connectivity index (χ0v) is 7.75. The molecule has 2 heterocycles. The second-order valence-corrected chi connectivity index (χ2v) is 3.40. The molecular formula is C9H8N2OS. The van der Waals surface area contributed by atoms with E-state index in [-0.39, 0.29) is 0 Å².